The maximum absolute atomic E-state index is 12.9. The summed E-state index contributed by atoms with van der Waals surface area (Å²) in [5.74, 6) is 0.366. The van der Waals surface area contributed by atoms with E-state index in [1.54, 1.807) is 30.5 Å². The third kappa shape index (κ3) is 4.03. The minimum atomic E-state index is -0.685. The summed E-state index contributed by atoms with van der Waals surface area (Å²) >= 11 is 0. The van der Waals surface area contributed by atoms with Crippen molar-refractivity contribution in [2.24, 2.45) is 0 Å². The molecular weight excluding hydrogens is 309 g/mol. The molecular formula is C19H22FNO3. The first-order valence-electron chi connectivity index (χ1n) is 8.39. The zero-order valence-electron chi connectivity index (χ0n) is 13.5. The number of hydrogen-bond donors (Lipinski definition) is 1. The standard InChI is InChI=1S/C19H22FNO3/c20-15-8-5-14(6-9-15)7-10-19(23)21-11-1-3-16(21)13-17(22)18-4-2-12-24-18/h2,4-6,8-9,12,16-17,22H,1,3,7,10-11,13H2/t16-,17-/m0/s1. The van der Waals surface area contributed by atoms with Gasteiger partial charge in [-0.05, 0) is 49.1 Å². The van der Waals surface area contributed by atoms with Gasteiger partial charge in [-0.3, -0.25) is 4.79 Å². The molecule has 1 saturated heterocycles. The van der Waals surface area contributed by atoms with E-state index in [1.165, 1.54) is 12.1 Å². The third-order valence-corrected chi connectivity index (χ3v) is 4.61. The molecule has 24 heavy (non-hydrogen) atoms. The molecule has 0 unspecified atom stereocenters. The molecule has 0 saturated carbocycles. The number of likely N-dealkylation sites (tertiary alicyclic amines) is 1. The summed E-state index contributed by atoms with van der Waals surface area (Å²) in [7, 11) is 0. The Labute approximate surface area is 140 Å². The third-order valence-electron chi connectivity index (χ3n) is 4.61. The fourth-order valence-corrected chi connectivity index (χ4v) is 3.31. The Hall–Kier alpha value is -2.14. The minimum Gasteiger partial charge on any atom is -0.467 e. The number of amides is 1. The predicted molar refractivity (Wildman–Crippen MR) is 87.7 cm³/mol. The number of furan rings is 1. The van der Waals surface area contributed by atoms with Crippen molar-refractivity contribution in [1.82, 2.24) is 4.90 Å². The average molecular weight is 331 g/mol. The van der Waals surface area contributed by atoms with Crippen molar-refractivity contribution in [2.45, 2.75) is 44.2 Å². The van der Waals surface area contributed by atoms with Gasteiger partial charge in [-0.15, -0.1) is 0 Å². The van der Waals surface area contributed by atoms with Gasteiger partial charge in [0.1, 0.15) is 17.7 Å². The van der Waals surface area contributed by atoms with E-state index in [-0.39, 0.29) is 17.8 Å². The number of rotatable bonds is 6. The summed E-state index contributed by atoms with van der Waals surface area (Å²) in [6.07, 6.45) is 4.21. The summed E-state index contributed by atoms with van der Waals surface area (Å²) in [5, 5.41) is 10.2. The molecule has 1 fully saturated rings. The molecule has 1 aliphatic rings. The Morgan fingerprint density at radius 2 is 2.12 bits per heavy atom. The van der Waals surface area contributed by atoms with Crippen LogP contribution in [-0.2, 0) is 11.2 Å². The lowest BCUT2D eigenvalue weighted by Gasteiger charge is -2.26. The molecule has 1 amide bonds. The van der Waals surface area contributed by atoms with Gasteiger partial charge in [-0.25, -0.2) is 4.39 Å². The molecule has 3 rings (SSSR count). The van der Waals surface area contributed by atoms with Gasteiger partial charge >= 0.3 is 0 Å². The van der Waals surface area contributed by atoms with Crippen LogP contribution in [0.5, 0.6) is 0 Å². The SMILES string of the molecule is O=C(CCc1ccc(F)cc1)N1CCC[C@H]1C[C@H](O)c1ccco1. The lowest BCUT2D eigenvalue weighted by molar-refractivity contribution is -0.132. The number of carbonyl (C=O) groups is 1. The molecule has 5 heteroatoms. The van der Waals surface area contributed by atoms with E-state index in [4.69, 9.17) is 4.42 Å². The van der Waals surface area contributed by atoms with Crippen LogP contribution in [0.2, 0.25) is 0 Å². The number of halogens is 1. The highest BCUT2D eigenvalue weighted by Crippen LogP contribution is 2.28. The van der Waals surface area contributed by atoms with E-state index < -0.39 is 6.10 Å². The van der Waals surface area contributed by atoms with Crippen molar-refractivity contribution >= 4 is 5.91 Å². The summed E-state index contributed by atoms with van der Waals surface area (Å²) in [6.45, 7) is 0.734. The topological polar surface area (TPSA) is 53.7 Å². The maximum Gasteiger partial charge on any atom is 0.223 e. The molecule has 0 aliphatic carbocycles. The number of nitrogens with zero attached hydrogens (tertiary/aromatic N) is 1. The first kappa shape index (κ1) is 16.7. The molecule has 1 N–H and O–H groups in total. The van der Waals surface area contributed by atoms with Gasteiger partial charge in [0.05, 0.1) is 6.26 Å². The Kier molecular flexibility index (Phi) is 5.30. The van der Waals surface area contributed by atoms with Crippen molar-refractivity contribution in [3.05, 3.63) is 59.8 Å². The number of benzene rings is 1. The number of hydrogen-bond acceptors (Lipinski definition) is 3. The Bertz CT molecular complexity index is 654. The number of aliphatic hydroxyl groups excluding tert-OH is 1. The molecule has 2 atom stereocenters. The minimum absolute atomic E-state index is 0.0471. The lowest BCUT2D eigenvalue weighted by Crippen LogP contribution is -2.36. The highest BCUT2D eigenvalue weighted by molar-refractivity contribution is 5.77. The van der Waals surface area contributed by atoms with Gasteiger partial charge in [0.25, 0.3) is 0 Å². The maximum atomic E-state index is 12.9. The first-order chi connectivity index (χ1) is 11.6. The molecule has 0 bridgehead atoms. The van der Waals surface area contributed by atoms with Gasteiger partial charge in [-0.2, -0.15) is 0 Å². The molecule has 0 spiro atoms. The second-order valence-corrected chi connectivity index (χ2v) is 6.28. The Morgan fingerprint density at radius 1 is 1.33 bits per heavy atom. The highest BCUT2D eigenvalue weighted by Gasteiger charge is 2.30. The summed E-state index contributed by atoms with van der Waals surface area (Å²) in [6, 6.07) is 9.80. The number of aliphatic hydroxyl groups is 1. The van der Waals surface area contributed by atoms with Crippen LogP contribution in [0.4, 0.5) is 4.39 Å². The van der Waals surface area contributed by atoms with Crippen LogP contribution in [0.3, 0.4) is 0 Å². The van der Waals surface area contributed by atoms with Crippen LogP contribution in [0.15, 0.2) is 47.1 Å². The molecule has 2 aromatic rings. The van der Waals surface area contributed by atoms with Crippen LogP contribution in [0.25, 0.3) is 0 Å². The van der Waals surface area contributed by atoms with Crippen molar-refractivity contribution in [2.75, 3.05) is 6.54 Å². The molecule has 128 valence electrons. The molecule has 1 aromatic carbocycles. The van der Waals surface area contributed by atoms with Gasteiger partial charge in [0.15, 0.2) is 0 Å². The zero-order valence-corrected chi connectivity index (χ0v) is 13.5. The molecule has 0 radical (unpaired) electrons. The molecule has 4 nitrogen and oxygen atoms in total. The van der Waals surface area contributed by atoms with E-state index >= 15 is 0 Å². The van der Waals surface area contributed by atoms with E-state index in [9.17, 15) is 14.3 Å². The smallest absolute Gasteiger partial charge is 0.223 e. The van der Waals surface area contributed by atoms with Crippen LogP contribution in [0.1, 0.15) is 43.1 Å². The largest absolute Gasteiger partial charge is 0.467 e. The normalized spacial score (nSPS) is 18.8. The van der Waals surface area contributed by atoms with Crippen LogP contribution in [-0.4, -0.2) is 28.5 Å². The van der Waals surface area contributed by atoms with Crippen LogP contribution < -0.4 is 0 Å². The first-order valence-corrected chi connectivity index (χ1v) is 8.39. The predicted octanol–water partition coefficient (Wildman–Crippen LogP) is 3.47. The van der Waals surface area contributed by atoms with Crippen LogP contribution in [0, 0.1) is 5.82 Å². The van der Waals surface area contributed by atoms with E-state index in [0.29, 0.717) is 25.0 Å². The second-order valence-electron chi connectivity index (χ2n) is 6.28. The van der Waals surface area contributed by atoms with Crippen LogP contribution >= 0.6 is 0 Å². The quantitative estimate of drug-likeness (QED) is 0.882. The van der Waals surface area contributed by atoms with Gasteiger partial charge < -0.3 is 14.4 Å². The van der Waals surface area contributed by atoms with Crippen molar-refractivity contribution in [3.63, 3.8) is 0 Å². The van der Waals surface area contributed by atoms with E-state index in [1.807, 2.05) is 4.90 Å². The average Bonchev–Trinajstić information content (AvgIpc) is 3.25. The Balaban J connectivity index is 1.54. The van der Waals surface area contributed by atoms with Crippen molar-refractivity contribution < 1.29 is 18.7 Å². The number of aryl methyl sites for hydroxylation is 1. The zero-order chi connectivity index (χ0) is 16.9. The van der Waals surface area contributed by atoms with E-state index in [2.05, 4.69) is 0 Å². The fraction of sp³-hybridized carbons (Fsp3) is 0.421. The summed E-state index contributed by atoms with van der Waals surface area (Å²) < 4.78 is 18.1. The molecule has 1 aliphatic heterocycles. The summed E-state index contributed by atoms with van der Waals surface area (Å²) in [5.41, 5.74) is 0.955. The number of carbonyl (C=O) groups excluding carboxylic acids is 1. The van der Waals surface area contributed by atoms with E-state index in [0.717, 1.165) is 24.9 Å². The highest BCUT2D eigenvalue weighted by atomic mass is 19.1. The molecule has 1 aromatic heterocycles. The monoisotopic (exact) mass is 331 g/mol. The van der Waals surface area contributed by atoms with Crippen molar-refractivity contribution in [1.29, 1.82) is 0 Å². The lowest BCUT2D eigenvalue weighted by atomic mass is 10.0. The fourth-order valence-electron chi connectivity index (χ4n) is 3.31. The summed E-state index contributed by atoms with van der Waals surface area (Å²) in [4.78, 5) is 14.4. The van der Waals surface area contributed by atoms with Gasteiger partial charge in [0, 0.05) is 25.4 Å². The van der Waals surface area contributed by atoms with Crippen molar-refractivity contribution in [3.8, 4) is 0 Å². The Morgan fingerprint density at radius 3 is 2.83 bits per heavy atom. The van der Waals surface area contributed by atoms with Gasteiger partial charge in [-0.1, -0.05) is 12.1 Å². The molecule has 2 heterocycles. The van der Waals surface area contributed by atoms with Gasteiger partial charge in [0.2, 0.25) is 5.91 Å². The second kappa shape index (κ2) is 7.62.